The molecule has 1 saturated heterocycles. The van der Waals surface area contributed by atoms with Crippen molar-refractivity contribution in [2.45, 2.75) is 85.1 Å². The Labute approximate surface area is 201 Å². The monoisotopic (exact) mass is 864 g/mol. The molecule has 0 aromatic carbocycles. The molecule has 24 heavy (non-hydrogen) atoms. The van der Waals surface area contributed by atoms with Crippen molar-refractivity contribution in [1.29, 1.82) is 0 Å². The molecule has 1 heterocycles. The van der Waals surface area contributed by atoms with Crippen molar-refractivity contribution in [2.75, 3.05) is 0 Å². The fourth-order valence-electron chi connectivity index (χ4n) is 1.76. The molecule has 0 saturated carbocycles. The third kappa shape index (κ3) is 20.9. The van der Waals surface area contributed by atoms with Crippen molar-refractivity contribution in [1.82, 2.24) is 0 Å². The summed E-state index contributed by atoms with van der Waals surface area (Å²) in [4.78, 5) is 0. The van der Waals surface area contributed by atoms with Gasteiger partial charge in [-0.15, -0.1) is 0 Å². The standard InChI is InChI=1S/C16H32Se8/c1-2-18-5-6-20-9-10-22-13-14-24-16-15-23-12-11-21-8-7-19-4-3-17-1/h1-16H2. The summed E-state index contributed by atoms with van der Waals surface area (Å²) in [7, 11) is 0. The third-order valence-electron chi connectivity index (χ3n) is 2.98. The van der Waals surface area contributed by atoms with Crippen LogP contribution in [0.1, 0.15) is 0 Å². The zero-order valence-electron chi connectivity index (χ0n) is 14.6. The molecule has 0 nitrogen and oxygen atoms in total. The molecule has 0 spiro atoms. The minimum absolute atomic E-state index is 1.01. The first-order valence-electron chi connectivity index (χ1n) is 8.62. The topological polar surface area (TPSA) is 0 Å². The van der Waals surface area contributed by atoms with Crippen LogP contribution in [0.25, 0.3) is 0 Å². The van der Waals surface area contributed by atoms with Crippen molar-refractivity contribution in [2.24, 2.45) is 0 Å². The first-order chi connectivity index (χ1) is 12.0. The van der Waals surface area contributed by atoms with E-state index in [0.717, 1.165) is 120 Å². The van der Waals surface area contributed by atoms with Crippen molar-refractivity contribution in [3.63, 3.8) is 0 Å². The summed E-state index contributed by atoms with van der Waals surface area (Å²) in [5, 5.41) is 25.9. The van der Waals surface area contributed by atoms with Gasteiger partial charge in [0.05, 0.1) is 0 Å². The first-order valence-corrected chi connectivity index (χ1v) is 28.0. The molecule has 1 aliphatic heterocycles. The number of hydrogen-bond donors (Lipinski definition) is 0. The van der Waals surface area contributed by atoms with Crippen molar-refractivity contribution in [3.05, 3.63) is 0 Å². The summed E-state index contributed by atoms with van der Waals surface area (Å²) in [6.07, 6.45) is 0. The fourth-order valence-corrected chi connectivity index (χ4v) is 29.7. The van der Waals surface area contributed by atoms with E-state index >= 15 is 0 Å². The van der Waals surface area contributed by atoms with Gasteiger partial charge in [-0.1, -0.05) is 0 Å². The fraction of sp³-hybridized carbons (Fsp3) is 1.00. The van der Waals surface area contributed by atoms with Gasteiger partial charge in [0.2, 0.25) is 0 Å². The van der Waals surface area contributed by atoms with Crippen molar-refractivity contribution in [3.8, 4) is 0 Å². The van der Waals surface area contributed by atoms with E-state index in [1.54, 1.807) is 85.1 Å². The number of hydrogen-bond acceptors (Lipinski definition) is 0. The summed E-state index contributed by atoms with van der Waals surface area (Å²) in [6, 6.07) is 0. The molecule has 0 aliphatic carbocycles. The van der Waals surface area contributed by atoms with E-state index in [4.69, 9.17) is 0 Å². The minimum atomic E-state index is 1.01. The van der Waals surface area contributed by atoms with Crippen molar-refractivity contribution < 1.29 is 0 Å². The third-order valence-corrected chi connectivity index (χ3v) is 30.0. The summed E-state index contributed by atoms with van der Waals surface area (Å²) >= 11 is 8.11. The van der Waals surface area contributed by atoms with Crippen LogP contribution in [-0.2, 0) is 0 Å². The first kappa shape index (κ1) is 26.2. The Morgan fingerprint density at radius 2 is 0.250 bits per heavy atom. The molecule has 1 rings (SSSR count). The van der Waals surface area contributed by atoms with Gasteiger partial charge in [0, 0.05) is 0 Å². The van der Waals surface area contributed by atoms with E-state index in [9.17, 15) is 0 Å². The van der Waals surface area contributed by atoms with Crippen LogP contribution in [0.3, 0.4) is 0 Å². The van der Waals surface area contributed by atoms with Gasteiger partial charge in [0.25, 0.3) is 0 Å². The Kier molecular flexibility index (Phi) is 25.6. The molecule has 0 radical (unpaired) electrons. The van der Waals surface area contributed by atoms with Crippen LogP contribution in [0.2, 0.25) is 85.1 Å². The number of rotatable bonds is 0. The van der Waals surface area contributed by atoms with E-state index < -0.39 is 0 Å². The van der Waals surface area contributed by atoms with E-state index in [-0.39, 0.29) is 0 Å². The second-order valence-corrected chi connectivity index (χ2v) is 25.5. The molecule has 0 amide bonds. The average Bonchev–Trinajstić information content (AvgIpc) is 2.59. The van der Waals surface area contributed by atoms with Crippen LogP contribution in [0.5, 0.6) is 0 Å². The molecular formula is C16H32Se8. The van der Waals surface area contributed by atoms with Crippen LogP contribution < -0.4 is 0 Å². The van der Waals surface area contributed by atoms with Gasteiger partial charge in [0.1, 0.15) is 0 Å². The van der Waals surface area contributed by atoms with Gasteiger partial charge in [-0.25, -0.2) is 0 Å². The second-order valence-electron chi connectivity index (χ2n) is 4.90. The summed E-state index contributed by atoms with van der Waals surface area (Å²) in [5.74, 6) is 0. The van der Waals surface area contributed by atoms with E-state index in [1.807, 2.05) is 0 Å². The van der Waals surface area contributed by atoms with Crippen LogP contribution >= 0.6 is 0 Å². The van der Waals surface area contributed by atoms with Gasteiger partial charge in [-0.2, -0.15) is 0 Å². The molecular weight excluding hydrogens is 824 g/mol. The molecule has 1 aliphatic rings. The molecule has 1 fully saturated rings. The SMILES string of the molecule is C1C[Se]CC[Se]CC[Se]CC[Se]CC[Se]CC[Se]CC[Se]CC[Se]1. The Balaban J connectivity index is 2.00. The second kappa shape index (κ2) is 23.4. The van der Waals surface area contributed by atoms with E-state index in [1.165, 1.54) is 0 Å². The van der Waals surface area contributed by atoms with E-state index in [0.29, 0.717) is 0 Å². The van der Waals surface area contributed by atoms with Gasteiger partial charge >= 0.3 is 205 Å². The molecule has 0 aromatic heterocycles. The zero-order valence-corrected chi connectivity index (χ0v) is 28.3. The maximum atomic E-state index is 1.62. The Hall–Kier alpha value is 4.16. The normalized spacial score (nSPS) is 24.0. The molecule has 144 valence electrons. The van der Waals surface area contributed by atoms with Crippen LogP contribution in [0.15, 0.2) is 0 Å². The summed E-state index contributed by atoms with van der Waals surface area (Å²) in [5.41, 5.74) is 0. The maximum absolute atomic E-state index is 1.62. The van der Waals surface area contributed by atoms with Gasteiger partial charge in [-0.05, 0) is 0 Å². The Morgan fingerprint density at radius 1 is 0.167 bits per heavy atom. The molecule has 0 aromatic rings. The quantitative estimate of drug-likeness (QED) is 0.319. The summed E-state index contributed by atoms with van der Waals surface area (Å²) < 4.78 is 0. The van der Waals surface area contributed by atoms with Gasteiger partial charge in [0.15, 0.2) is 0 Å². The average molecular weight is 856 g/mol. The van der Waals surface area contributed by atoms with Gasteiger partial charge in [-0.3, -0.25) is 0 Å². The molecule has 0 atom stereocenters. The molecule has 0 N–H and O–H groups in total. The zero-order chi connectivity index (χ0) is 17.0. The predicted octanol–water partition coefficient (Wildman–Crippen LogP) is 4.33. The molecule has 0 bridgehead atoms. The van der Waals surface area contributed by atoms with Crippen molar-refractivity contribution >= 4 is 120 Å². The molecule has 8 heteroatoms. The van der Waals surface area contributed by atoms with Crippen LogP contribution in [0, 0.1) is 0 Å². The van der Waals surface area contributed by atoms with Gasteiger partial charge < -0.3 is 0 Å². The molecule has 0 unspecified atom stereocenters. The van der Waals surface area contributed by atoms with E-state index in [2.05, 4.69) is 0 Å². The van der Waals surface area contributed by atoms with Crippen LogP contribution in [0.4, 0.5) is 0 Å². The Bertz CT molecular complexity index is 132. The predicted molar refractivity (Wildman–Crippen MR) is 123 cm³/mol. The van der Waals surface area contributed by atoms with Crippen LogP contribution in [-0.4, -0.2) is 120 Å². The Morgan fingerprint density at radius 3 is 0.333 bits per heavy atom. The summed E-state index contributed by atoms with van der Waals surface area (Å²) in [6.45, 7) is 0.